The van der Waals surface area contributed by atoms with Crippen LogP contribution in [-0.2, 0) is 15.9 Å². The molecule has 98 valence electrons. The van der Waals surface area contributed by atoms with Gasteiger partial charge in [0, 0.05) is 12.3 Å². The Hall–Kier alpha value is -1.47. The Kier molecular flexibility index (Phi) is 2.43. The predicted octanol–water partition coefficient (Wildman–Crippen LogP) is 1.05. The average Bonchev–Trinajstić information content (AvgIpc) is 2.81. The molecule has 0 bridgehead atoms. The molecule has 18 heavy (non-hydrogen) atoms. The van der Waals surface area contributed by atoms with Crippen molar-refractivity contribution >= 4 is 5.69 Å². The highest BCUT2D eigenvalue weighted by atomic mass is 16.6. The number of hydrogen-bond donors (Lipinski definition) is 1. The van der Waals surface area contributed by atoms with Crippen LogP contribution in [-0.4, -0.2) is 39.5 Å². The van der Waals surface area contributed by atoms with Crippen molar-refractivity contribution in [2.75, 3.05) is 6.61 Å². The van der Waals surface area contributed by atoms with Gasteiger partial charge in [0.1, 0.15) is 17.5 Å². The van der Waals surface area contributed by atoms with Gasteiger partial charge >= 0.3 is 5.69 Å². The number of epoxide rings is 1. The summed E-state index contributed by atoms with van der Waals surface area (Å²) < 4.78 is 11.4. The summed E-state index contributed by atoms with van der Waals surface area (Å²) in [4.78, 5) is 10.4. The van der Waals surface area contributed by atoms with E-state index in [4.69, 9.17) is 9.47 Å². The molecule has 2 aliphatic rings. The zero-order chi connectivity index (χ0) is 12.9. The molecular formula is C11H15N3O4. The van der Waals surface area contributed by atoms with Gasteiger partial charge in [0.2, 0.25) is 0 Å². The van der Waals surface area contributed by atoms with Gasteiger partial charge in [0.15, 0.2) is 0 Å². The SMILES string of the molecule is CC1C(Cc2[nH]ncc2[N+](=O)[O-])OCC2(C)OC12. The molecule has 2 fully saturated rings. The molecule has 3 rings (SSSR count). The summed E-state index contributed by atoms with van der Waals surface area (Å²) in [6, 6.07) is 0. The summed E-state index contributed by atoms with van der Waals surface area (Å²) in [5, 5.41) is 17.2. The maximum Gasteiger partial charge on any atom is 0.309 e. The standard InChI is InChI=1S/C11H15N3O4/c1-6-9(17-5-11(2)10(6)18-11)3-7-8(14(15)16)4-12-13-7/h4,6,9-10H,3,5H2,1-2H3,(H,12,13). The van der Waals surface area contributed by atoms with E-state index in [0.29, 0.717) is 18.7 Å². The zero-order valence-corrected chi connectivity index (χ0v) is 10.3. The van der Waals surface area contributed by atoms with Crippen molar-refractivity contribution < 1.29 is 14.4 Å². The summed E-state index contributed by atoms with van der Waals surface area (Å²) in [7, 11) is 0. The van der Waals surface area contributed by atoms with E-state index < -0.39 is 4.92 Å². The molecule has 0 radical (unpaired) electrons. The van der Waals surface area contributed by atoms with Crippen molar-refractivity contribution in [3.05, 3.63) is 22.0 Å². The lowest BCUT2D eigenvalue weighted by Gasteiger charge is -2.28. The predicted molar refractivity (Wildman–Crippen MR) is 61.1 cm³/mol. The van der Waals surface area contributed by atoms with E-state index >= 15 is 0 Å². The summed E-state index contributed by atoms with van der Waals surface area (Å²) >= 11 is 0. The van der Waals surface area contributed by atoms with Crippen LogP contribution in [0.3, 0.4) is 0 Å². The largest absolute Gasteiger partial charge is 0.374 e. The van der Waals surface area contributed by atoms with Gasteiger partial charge in [-0.3, -0.25) is 15.2 Å². The monoisotopic (exact) mass is 253 g/mol. The molecule has 7 heteroatoms. The molecule has 0 spiro atoms. The second-order valence-corrected chi connectivity index (χ2v) is 5.25. The van der Waals surface area contributed by atoms with Crippen molar-refractivity contribution in [2.24, 2.45) is 5.92 Å². The molecule has 2 saturated heterocycles. The summed E-state index contributed by atoms with van der Waals surface area (Å²) in [6.07, 6.45) is 1.84. The van der Waals surface area contributed by atoms with E-state index in [-0.39, 0.29) is 29.4 Å². The van der Waals surface area contributed by atoms with E-state index in [1.165, 1.54) is 6.20 Å². The average molecular weight is 253 g/mol. The number of rotatable bonds is 3. The number of hydrogen-bond acceptors (Lipinski definition) is 5. The molecule has 3 heterocycles. The van der Waals surface area contributed by atoms with Gasteiger partial charge in [-0.1, -0.05) is 6.92 Å². The van der Waals surface area contributed by atoms with Gasteiger partial charge in [-0.2, -0.15) is 5.10 Å². The van der Waals surface area contributed by atoms with Crippen molar-refractivity contribution in [1.82, 2.24) is 10.2 Å². The third-order valence-electron chi connectivity index (χ3n) is 3.89. The molecule has 4 atom stereocenters. The third kappa shape index (κ3) is 1.70. The number of H-pyrrole nitrogens is 1. The Morgan fingerprint density at radius 3 is 3.22 bits per heavy atom. The molecule has 1 aromatic heterocycles. The van der Waals surface area contributed by atoms with E-state index in [1.54, 1.807) is 0 Å². The van der Waals surface area contributed by atoms with Crippen LogP contribution in [0.1, 0.15) is 19.5 Å². The van der Waals surface area contributed by atoms with Crippen molar-refractivity contribution in [2.45, 2.75) is 38.1 Å². The van der Waals surface area contributed by atoms with E-state index in [9.17, 15) is 10.1 Å². The molecule has 4 unspecified atom stereocenters. The summed E-state index contributed by atoms with van der Waals surface area (Å²) in [5.74, 6) is 0.228. The first kappa shape index (κ1) is 11.6. The van der Waals surface area contributed by atoms with Crippen LogP contribution < -0.4 is 0 Å². The van der Waals surface area contributed by atoms with Gasteiger partial charge in [0.05, 0.1) is 23.7 Å². The Labute approximate surface area is 104 Å². The third-order valence-corrected chi connectivity index (χ3v) is 3.89. The van der Waals surface area contributed by atoms with Crippen molar-refractivity contribution in [3.8, 4) is 0 Å². The number of nitro groups is 1. The summed E-state index contributed by atoms with van der Waals surface area (Å²) in [6.45, 7) is 4.64. The van der Waals surface area contributed by atoms with E-state index in [0.717, 1.165) is 0 Å². The molecule has 0 aliphatic carbocycles. The number of aromatic amines is 1. The molecule has 1 N–H and O–H groups in total. The smallest absolute Gasteiger partial charge is 0.309 e. The van der Waals surface area contributed by atoms with Gasteiger partial charge in [-0.15, -0.1) is 0 Å². The maximum atomic E-state index is 10.8. The first-order chi connectivity index (χ1) is 8.51. The van der Waals surface area contributed by atoms with Gasteiger partial charge < -0.3 is 9.47 Å². The second-order valence-electron chi connectivity index (χ2n) is 5.25. The van der Waals surface area contributed by atoms with Crippen LogP contribution in [0.4, 0.5) is 5.69 Å². The second kappa shape index (κ2) is 3.76. The molecule has 1 aromatic rings. The fourth-order valence-electron chi connectivity index (χ4n) is 2.71. The lowest BCUT2D eigenvalue weighted by molar-refractivity contribution is -0.385. The zero-order valence-electron chi connectivity index (χ0n) is 10.3. The van der Waals surface area contributed by atoms with Crippen molar-refractivity contribution in [3.63, 3.8) is 0 Å². The minimum Gasteiger partial charge on any atom is -0.374 e. The Balaban J connectivity index is 1.73. The van der Waals surface area contributed by atoms with E-state index in [2.05, 4.69) is 17.1 Å². The van der Waals surface area contributed by atoms with Crippen LogP contribution in [0, 0.1) is 16.0 Å². The molecular weight excluding hydrogens is 238 g/mol. The van der Waals surface area contributed by atoms with Crippen LogP contribution >= 0.6 is 0 Å². The highest BCUT2D eigenvalue weighted by Crippen LogP contribution is 2.47. The molecule has 7 nitrogen and oxygen atoms in total. The van der Waals surface area contributed by atoms with E-state index in [1.807, 2.05) is 6.92 Å². The number of fused-ring (bicyclic) bond motifs is 1. The molecule has 0 aromatic carbocycles. The fraction of sp³-hybridized carbons (Fsp3) is 0.727. The number of ether oxygens (including phenoxy) is 2. The molecule has 2 aliphatic heterocycles. The van der Waals surface area contributed by atoms with Crippen LogP contribution in [0.5, 0.6) is 0 Å². The highest BCUT2D eigenvalue weighted by molar-refractivity contribution is 5.32. The number of aromatic nitrogens is 2. The Morgan fingerprint density at radius 1 is 1.72 bits per heavy atom. The van der Waals surface area contributed by atoms with Gasteiger partial charge in [-0.05, 0) is 6.92 Å². The first-order valence-corrected chi connectivity index (χ1v) is 5.97. The fourth-order valence-corrected chi connectivity index (χ4v) is 2.71. The van der Waals surface area contributed by atoms with Crippen molar-refractivity contribution in [1.29, 1.82) is 0 Å². The van der Waals surface area contributed by atoms with Crippen LogP contribution in [0.25, 0.3) is 0 Å². The maximum absolute atomic E-state index is 10.8. The highest BCUT2D eigenvalue weighted by Gasteiger charge is 2.60. The summed E-state index contributed by atoms with van der Waals surface area (Å²) in [5.41, 5.74) is 0.396. The van der Waals surface area contributed by atoms with Gasteiger partial charge in [-0.25, -0.2) is 0 Å². The Morgan fingerprint density at radius 2 is 2.50 bits per heavy atom. The number of nitrogens with zero attached hydrogens (tertiary/aromatic N) is 2. The van der Waals surface area contributed by atoms with Crippen LogP contribution in [0.15, 0.2) is 6.20 Å². The number of nitrogens with one attached hydrogen (secondary N) is 1. The molecule has 0 saturated carbocycles. The molecule has 0 amide bonds. The van der Waals surface area contributed by atoms with Gasteiger partial charge in [0.25, 0.3) is 0 Å². The minimum absolute atomic E-state index is 0.0239. The lowest BCUT2D eigenvalue weighted by atomic mass is 9.88. The van der Waals surface area contributed by atoms with Crippen LogP contribution in [0.2, 0.25) is 0 Å². The lowest BCUT2D eigenvalue weighted by Crippen LogP contribution is -2.40. The normalized spacial score (nSPS) is 38.2. The quantitative estimate of drug-likeness (QED) is 0.493. The first-order valence-electron chi connectivity index (χ1n) is 5.97. The minimum atomic E-state index is -0.427. The topological polar surface area (TPSA) is 93.6 Å². The Bertz CT molecular complexity index is 488.